The summed E-state index contributed by atoms with van der Waals surface area (Å²) in [6, 6.07) is 9.57. The van der Waals surface area contributed by atoms with Crippen molar-refractivity contribution in [1.82, 2.24) is 4.31 Å². The molecular formula is C17H16Cl2N2O3S. The van der Waals surface area contributed by atoms with Crippen LogP contribution in [0.5, 0.6) is 0 Å². The van der Waals surface area contributed by atoms with E-state index in [1.165, 1.54) is 30.5 Å². The van der Waals surface area contributed by atoms with E-state index in [2.05, 4.69) is 0 Å². The standard InChI is InChI=1S/C17H16Cl2N2O3S/c1-20(2)25(23,24)13-4-6-16-11(9-13)7-8-21(16)17(22)12-3-5-14(18)15(19)10-12/h3-6,9-10H,7-8H2,1-2H3. The Bertz CT molecular complexity index is 958. The Morgan fingerprint density at radius 3 is 2.44 bits per heavy atom. The van der Waals surface area contributed by atoms with E-state index in [4.69, 9.17) is 23.2 Å². The summed E-state index contributed by atoms with van der Waals surface area (Å²) in [4.78, 5) is 14.6. The number of hydrogen-bond donors (Lipinski definition) is 0. The molecule has 25 heavy (non-hydrogen) atoms. The zero-order chi connectivity index (χ0) is 18.4. The summed E-state index contributed by atoms with van der Waals surface area (Å²) in [6.07, 6.45) is 0.596. The molecule has 0 aromatic heterocycles. The number of fused-ring (bicyclic) bond motifs is 1. The molecule has 2 aromatic carbocycles. The summed E-state index contributed by atoms with van der Waals surface area (Å²) in [6.45, 7) is 0.486. The van der Waals surface area contributed by atoms with Gasteiger partial charge < -0.3 is 4.90 Å². The molecule has 3 rings (SSSR count). The zero-order valence-electron chi connectivity index (χ0n) is 13.7. The molecular weight excluding hydrogens is 383 g/mol. The quantitative estimate of drug-likeness (QED) is 0.795. The highest BCUT2D eigenvalue weighted by molar-refractivity contribution is 7.89. The number of carbonyl (C=O) groups excluding carboxylic acids is 1. The topological polar surface area (TPSA) is 57.7 Å². The van der Waals surface area contributed by atoms with Gasteiger partial charge in [0.25, 0.3) is 5.91 Å². The van der Waals surface area contributed by atoms with E-state index in [1.807, 2.05) is 0 Å². The van der Waals surface area contributed by atoms with Crippen molar-refractivity contribution in [2.24, 2.45) is 0 Å². The normalized spacial score (nSPS) is 14.0. The minimum atomic E-state index is -3.50. The van der Waals surface area contributed by atoms with E-state index in [0.717, 1.165) is 5.56 Å². The van der Waals surface area contributed by atoms with Crippen LogP contribution in [0.4, 0.5) is 5.69 Å². The summed E-state index contributed by atoms with van der Waals surface area (Å²) in [7, 11) is -0.523. The van der Waals surface area contributed by atoms with Crippen molar-refractivity contribution in [2.45, 2.75) is 11.3 Å². The second-order valence-electron chi connectivity index (χ2n) is 5.91. The molecule has 0 saturated heterocycles. The van der Waals surface area contributed by atoms with Gasteiger partial charge in [-0.05, 0) is 48.4 Å². The summed E-state index contributed by atoms with van der Waals surface area (Å²) in [5, 5.41) is 0.706. The van der Waals surface area contributed by atoms with Crippen molar-refractivity contribution >= 4 is 44.8 Å². The fraction of sp³-hybridized carbons (Fsp3) is 0.235. The summed E-state index contributed by atoms with van der Waals surface area (Å²) in [5.74, 6) is -0.194. The lowest BCUT2D eigenvalue weighted by atomic mass is 10.1. The Hall–Kier alpha value is -1.60. The Morgan fingerprint density at radius 1 is 1.08 bits per heavy atom. The number of nitrogens with zero attached hydrogens (tertiary/aromatic N) is 2. The number of benzene rings is 2. The molecule has 8 heteroatoms. The van der Waals surface area contributed by atoms with Crippen molar-refractivity contribution in [3.8, 4) is 0 Å². The molecule has 0 fully saturated rings. The third kappa shape index (κ3) is 3.27. The molecule has 5 nitrogen and oxygen atoms in total. The van der Waals surface area contributed by atoms with Gasteiger partial charge in [-0.3, -0.25) is 4.79 Å². The molecule has 1 amide bonds. The lowest BCUT2D eigenvalue weighted by Crippen LogP contribution is -2.28. The number of sulfonamides is 1. The first-order valence-corrected chi connectivity index (χ1v) is 9.74. The summed E-state index contributed by atoms with van der Waals surface area (Å²) in [5.41, 5.74) is 1.98. The van der Waals surface area contributed by atoms with Gasteiger partial charge in [-0.2, -0.15) is 0 Å². The van der Waals surface area contributed by atoms with E-state index in [0.29, 0.717) is 34.3 Å². The van der Waals surface area contributed by atoms with Crippen LogP contribution in [0.3, 0.4) is 0 Å². The number of halogens is 2. The van der Waals surface area contributed by atoms with Crippen LogP contribution in [0, 0.1) is 0 Å². The predicted molar refractivity (Wildman–Crippen MR) is 99.2 cm³/mol. The fourth-order valence-corrected chi connectivity index (χ4v) is 4.00. The molecule has 0 unspecified atom stereocenters. The Morgan fingerprint density at radius 2 is 1.80 bits per heavy atom. The van der Waals surface area contributed by atoms with Crippen LogP contribution in [0.1, 0.15) is 15.9 Å². The SMILES string of the molecule is CN(C)S(=O)(=O)c1ccc2c(c1)CCN2C(=O)c1ccc(Cl)c(Cl)c1. The Kier molecular flexibility index (Phi) is 4.81. The third-order valence-electron chi connectivity index (χ3n) is 4.14. The average Bonchev–Trinajstić information content (AvgIpc) is 2.99. The lowest BCUT2D eigenvalue weighted by molar-refractivity contribution is 0.0989. The highest BCUT2D eigenvalue weighted by Crippen LogP contribution is 2.32. The molecule has 1 aliphatic rings. The molecule has 0 radical (unpaired) electrons. The van der Waals surface area contributed by atoms with Gasteiger partial charge in [-0.25, -0.2) is 12.7 Å². The highest BCUT2D eigenvalue weighted by Gasteiger charge is 2.28. The van der Waals surface area contributed by atoms with Crippen LogP contribution in [0.2, 0.25) is 10.0 Å². The van der Waals surface area contributed by atoms with Crippen LogP contribution in [-0.2, 0) is 16.4 Å². The maximum Gasteiger partial charge on any atom is 0.258 e. The number of amides is 1. The van der Waals surface area contributed by atoms with E-state index in [-0.39, 0.29) is 10.8 Å². The third-order valence-corrected chi connectivity index (χ3v) is 6.69. The van der Waals surface area contributed by atoms with Crippen LogP contribution in [0.15, 0.2) is 41.3 Å². The molecule has 0 N–H and O–H groups in total. The van der Waals surface area contributed by atoms with E-state index >= 15 is 0 Å². The second-order valence-corrected chi connectivity index (χ2v) is 8.88. The largest absolute Gasteiger partial charge is 0.308 e. The van der Waals surface area contributed by atoms with Gasteiger partial charge in [0.05, 0.1) is 14.9 Å². The van der Waals surface area contributed by atoms with Gasteiger partial charge in [0.1, 0.15) is 0 Å². The van der Waals surface area contributed by atoms with E-state index in [1.54, 1.807) is 29.2 Å². The van der Waals surface area contributed by atoms with E-state index < -0.39 is 10.0 Å². The first kappa shape index (κ1) is 18.2. The first-order chi connectivity index (χ1) is 11.7. The lowest BCUT2D eigenvalue weighted by Gasteiger charge is -2.18. The highest BCUT2D eigenvalue weighted by atomic mass is 35.5. The second kappa shape index (κ2) is 6.61. The van der Waals surface area contributed by atoms with Crippen molar-refractivity contribution in [1.29, 1.82) is 0 Å². The number of carbonyl (C=O) groups is 1. The summed E-state index contributed by atoms with van der Waals surface area (Å²) < 4.78 is 25.7. The Balaban J connectivity index is 1.94. The number of rotatable bonds is 3. The van der Waals surface area contributed by atoms with Gasteiger partial charge in [0.2, 0.25) is 10.0 Å². The zero-order valence-corrected chi connectivity index (χ0v) is 16.0. The molecule has 132 valence electrons. The van der Waals surface area contributed by atoms with Crippen LogP contribution >= 0.6 is 23.2 Å². The molecule has 1 aliphatic heterocycles. The van der Waals surface area contributed by atoms with Gasteiger partial charge in [0, 0.05) is 31.9 Å². The maximum absolute atomic E-state index is 12.8. The monoisotopic (exact) mass is 398 g/mol. The van der Waals surface area contributed by atoms with Crippen molar-refractivity contribution < 1.29 is 13.2 Å². The summed E-state index contributed by atoms with van der Waals surface area (Å²) >= 11 is 11.9. The van der Waals surface area contributed by atoms with Crippen LogP contribution < -0.4 is 4.90 Å². The minimum Gasteiger partial charge on any atom is -0.308 e. The average molecular weight is 399 g/mol. The van der Waals surface area contributed by atoms with Crippen molar-refractivity contribution in [3.63, 3.8) is 0 Å². The Labute approximate surface area is 156 Å². The first-order valence-electron chi connectivity index (χ1n) is 7.54. The number of hydrogen-bond acceptors (Lipinski definition) is 3. The molecule has 0 bridgehead atoms. The smallest absolute Gasteiger partial charge is 0.258 e. The van der Waals surface area contributed by atoms with Gasteiger partial charge >= 0.3 is 0 Å². The molecule has 1 heterocycles. The van der Waals surface area contributed by atoms with Crippen LogP contribution in [0.25, 0.3) is 0 Å². The molecule has 0 atom stereocenters. The minimum absolute atomic E-state index is 0.194. The predicted octanol–water partition coefficient (Wildman–Crippen LogP) is 3.45. The van der Waals surface area contributed by atoms with Gasteiger partial charge in [0.15, 0.2) is 0 Å². The maximum atomic E-state index is 12.8. The fourth-order valence-electron chi connectivity index (χ4n) is 2.75. The molecule has 0 saturated carbocycles. The van der Waals surface area contributed by atoms with Crippen molar-refractivity contribution in [3.05, 3.63) is 57.6 Å². The number of anilines is 1. The molecule has 0 aliphatic carbocycles. The van der Waals surface area contributed by atoms with E-state index in [9.17, 15) is 13.2 Å². The van der Waals surface area contributed by atoms with Gasteiger partial charge in [-0.1, -0.05) is 23.2 Å². The van der Waals surface area contributed by atoms with Crippen molar-refractivity contribution in [2.75, 3.05) is 25.5 Å². The molecule has 0 spiro atoms. The van der Waals surface area contributed by atoms with Gasteiger partial charge in [-0.15, -0.1) is 0 Å². The molecule has 2 aromatic rings. The van der Waals surface area contributed by atoms with Crippen LogP contribution in [-0.4, -0.2) is 39.3 Å².